The van der Waals surface area contributed by atoms with Gasteiger partial charge in [-0.1, -0.05) is 24.6 Å². The molecule has 4 amide bonds. The summed E-state index contributed by atoms with van der Waals surface area (Å²) in [7, 11) is 0. The lowest BCUT2D eigenvalue weighted by Crippen LogP contribution is -2.47. The molecule has 0 radical (unpaired) electrons. The normalized spacial score (nSPS) is 20.1. The number of rotatable bonds is 6. The van der Waals surface area contributed by atoms with Gasteiger partial charge in [0.2, 0.25) is 11.8 Å². The monoisotopic (exact) mass is 400 g/mol. The van der Waals surface area contributed by atoms with Crippen LogP contribution in [-0.2, 0) is 9.59 Å². The quantitative estimate of drug-likeness (QED) is 0.721. The molecule has 3 rings (SSSR count). The maximum absolute atomic E-state index is 12.5. The minimum Gasteiger partial charge on any atom is -0.356 e. The number of carbonyl (C=O) groups is 3. The standard InChI is InChI=1S/C22H32N4O3/c27-20-12-5-2-6-14-25(20)16-8-13-23-21(28)18-9-7-15-26(17-18)22(29)24-19-10-3-1-4-11-19/h1,3-4,10-11,18H,2,5-9,12-17H2,(H,23,28)(H,24,29)/t18-/m0/s1. The third kappa shape index (κ3) is 6.48. The van der Waals surface area contributed by atoms with Crippen molar-refractivity contribution in [1.82, 2.24) is 15.1 Å². The highest BCUT2D eigenvalue weighted by atomic mass is 16.2. The summed E-state index contributed by atoms with van der Waals surface area (Å²) < 4.78 is 0. The Hall–Kier alpha value is -2.57. The maximum Gasteiger partial charge on any atom is 0.321 e. The van der Waals surface area contributed by atoms with Gasteiger partial charge in [0.15, 0.2) is 0 Å². The SMILES string of the molecule is O=C(NCCCN1CCCCCC1=O)[C@H]1CCCN(C(=O)Nc2ccccc2)C1. The number of hydrogen-bond acceptors (Lipinski definition) is 3. The molecule has 1 aromatic rings. The number of anilines is 1. The topological polar surface area (TPSA) is 81.8 Å². The van der Waals surface area contributed by atoms with Crippen molar-refractivity contribution < 1.29 is 14.4 Å². The zero-order valence-corrected chi connectivity index (χ0v) is 17.1. The smallest absolute Gasteiger partial charge is 0.321 e. The molecular weight excluding hydrogens is 368 g/mol. The van der Waals surface area contributed by atoms with Gasteiger partial charge in [0.25, 0.3) is 0 Å². The number of hydrogen-bond donors (Lipinski definition) is 2. The number of carbonyl (C=O) groups excluding carboxylic acids is 3. The fourth-order valence-electron chi connectivity index (χ4n) is 4.00. The molecule has 2 saturated heterocycles. The van der Waals surface area contributed by atoms with Gasteiger partial charge in [0.05, 0.1) is 5.92 Å². The zero-order valence-electron chi connectivity index (χ0n) is 17.1. The first kappa shape index (κ1) is 21.1. The first-order valence-corrected chi connectivity index (χ1v) is 10.8. The fraction of sp³-hybridized carbons (Fsp3) is 0.591. The minimum absolute atomic E-state index is 0.00408. The molecule has 0 saturated carbocycles. The van der Waals surface area contributed by atoms with Crippen molar-refractivity contribution in [3.63, 3.8) is 0 Å². The minimum atomic E-state index is -0.176. The van der Waals surface area contributed by atoms with E-state index in [0.29, 0.717) is 32.6 Å². The lowest BCUT2D eigenvalue weighted by molar-refractivity contribution is -0.130. The van der Waals surface area contributed by atoms with Crippen LogP contribution >= 0.6 is 0 Å². The van der Waals surface area contributed by atoms with Crippen LogP contribution < -0.4 is 10.6 Å². The van der Waals surface area contributed by atoms with Gasteiger partial charge in [0.1, 0.15) is 0 Å². The van der Waals surface area contributed by atoms with Crippen LogP contribution in [0.1, 0.15) is 44.9 Å². The van der Waals surface area contributed by atoms with E-state index in [2.05, 4.69) is 10.6 Å². The lowest BCUT2D eigenvalue weighted by Gasteiger charge is -2.32. The Labute approximate surface area is 172 Å². The number of amides is 4. The number of piperidine rings is 1. The van der Waals surface area contributed by atoms with E-state index in [1.165, 1.54) is 0 Å². The van der Waals surface area contributed by atoms with Gasteiger partial charge in [-0.25, -0.2) is 4.79 Å². The van der Waals surface area contributed by atoms with Gasteiger partial charge in [-0.15, -0.1) is 0 Å². The molecule has 0 unspecified atom stereocenters. The second-order valence-electron chi connectivity index (χ2n) is 7.92. The Bertz CT molecular complexity index is 695. The number of likely N-dealkylation sites (tertiary alicyclic amines) is 2. The second-order valence-corrected chi connectivity index (χ2v) is 7.92. The second kappa shape index (κ2) is 10.8. The average molecular weight is 401 g/mol. The maximum atomic E-state index is 12.5. The Morgan fingerprint density at radius 2 is 1.86 bits per heavy atom. The number of para-hydroxylation sites is 1. The summed E-state index contributed by atoms with van der Waals surface area (Å²) in [5.74, 6) is 0.0654. The Morgan fingerprint density at radius 1 is 1.03 bits per heavy atom. The van der Waals surface area contributed by atoms with E-state index in [9.17, 15) is 14.4 Å². The van der Waals surface area contributed by atoms with Crippen LogP contribution in [0.4, 0.5) is 10.5 Å². The summed E-state index contributed by atoms with van der Waals surface area (Å²) in [6.07, 6.45) is 6.21. The van der Waals surface area contributed by atoms with Crippen molar-refractivity contribution in [2.45, 2.75) is 44.9 Å². The largest absolute Gasteiger partial charge is 0.356 e. The van der Waals surface area contributed by atoms with Crippen molar-refractivity contribution >= 4 is 23.5 Å². The Balaban J connectivity index is 1.39. The number of nitrogens with zero attached hydrogens (tertiary/aromatic N) is 2. The molecule has 2 aliphatic rings. The predicted octanol–water partition coefficient (Wildman–Crippen LogP) is 2.84. The van der Waals surface area contributed by atoms with Crippen molar-refractivity contribution in [1.29, 1.82) is 0 Å². The molecule has 0 aromatic heterocycles. The highest BCUT2D eigenvalue weighted by Crippen LogP contribution is 2.18. The van der Waals surface area contributed by atoms with Crippen LogP contribution in [0.3, 0.4) is 0 Å². The van der Waals surface area contributed by atoms with E-state index in [-0.39, 0.29) is 23.8 Å². The van der Waals surface area contributed by atoms with E-state index in [1.807, 2.05) is 35.2 Å². The van der Waals surface area contributed by atoms with E-state index in [0.717, 1.165) is 50.8 Å². The molecule has 2 fully saturated rings. The third-order valence-electron chi connectivity index (χ3n) is 5.68. The molecule has 0 aliphatic carbocycles. The van der Waals surface area contributed by atoms with Gasteiger partial charge in [-0.3, -0.25) is 9.59 Å². The van der Waals surface area contributed by atoms with E-state index < -0.39 is 0 Å². The summed E-state index contributed by atoms with van der Waals surface area (Å²) >= 11 is 0. The molecule has 7 heteroatoms. The van der Waals surface area contributed by atoms with Crippen molar-refractivity contribution in [2.24, 2.45) is 5.92 Å². The molecule has 158 valence electrons. The highest BCUT2D eigenvalue weighted by Gasteiger charge is 2.28. The molecule has 29 heavy (non-hydrogen) atoms. The molecule has 7 nitrogen and oxygen atoms in total. The molecule has 2 aliphatic heterocycles. The van der Waals surface area contributed by atoms with Crippen LogP contribution in [0.5, 0.6) is 0 Å². The molecule has 0 bridgehead atoms. The van der Waals surface area contributed by atoms with Crippen LogP contribution in [-0.4, -0.2) is 60.4 Å². The molecule has 2 heterocycles. The van der Waals surface area contributed by atoms with Gasteiger partial charge < -0.3 is 20.4 Å². The fourth-order valence-corrected chi connectivity index (χ4v) is 4.00. The number of nitrogens with one attached hydrogen (secondary N) is 2. The first-order valence-electron chi connectivity index (χ1n) is 10.8. The molecule has 1 aromatic carbocycles. The van der Waals surface area contributed by atoms with Crippen molar-refractivity contribution in [3.8, 4) is 0 Å². The van der Waals surface area contributed by atoms with Crippen LogP contribution in [0, 0.1) is 5.92 Å². The van der Waals surface area contributed by atoms with Crippen LogP contribution in [0.25, 0.3) is 0 Å². The van der Waals surface area contributed by atoms with Gasteiger partial charge in [0, 0.05) is 44.8 Å². The van der Waals surface area contributed by atoms with Gasteiger partial charge in [-0.05, 0) is 44.2 Å². The number of urea groups is 1. The Morgan fingerprint density at radius 3 is 2.69 bits per heavy atom. The summed E-state index contributed by atoms with van der Waals surface area (Å²) in [5, 5.41) is 5.88. The Kier molecular flexibility index (Phi) is 7.90. The average Bonchev–Trinajstić information content (AvgIpc) is 2.96. The zero-order chi connectivity index (χ0) is 20.5. The van der Waals surface area contributed by atoms with E-state index in [4.69, 9.17) is 0 Å². The van der Waals surface area contributed by atoms with E-state index in [1.54, 1.807) is 4.90 Å². The first-order chi connectivity index (χ1) is 14.1. The lowest BCUT2D eigenvalue weighted by atomic mass is 9.97. The highest BCUT2D eigenvalue weighted by molar-refractivity contribution is 5.90. The number of benzene rings is 1. The summed E-state index contributed by atoms with van der Waals surface area (Å²) in [6, 6.07) is 9.19. The molecule has 0 spiro atoms. The van der Waals surface area contributed by atoms with Crippen molar-refractivity contribution in [3.05, 3.63) is 30.3 Å². The van der Waals surface area contributed by atoms with Gasteiger partial charge >= 0.3 is 6.03 Å². The van der Waals surface area contributed by atoms with Crippen LogP contribution in [0.15, 0.2) is 30.3 Å². The summed E-state index contributed by atoms with van der Waals surface area (Å²) in [6.45, 7) is 3.21. The van der Waals surface area contributed by atoms with Crippen molar-refractivity contribution in [2.75, 3.05) is 38.0 Å². The van der Waals surface area contributed by atoms with E-state index >= 15 is 0 Å². The third-order valence-corrected chi connectivity index (χ3v) is 5.68. The molecular formula is C22H32N4O3. The van der Waals surface area contributed by atoms with Gasteiger partial charge in [-0.2, -0.15) is 0 Å². The molecule has 1 atom stereocenters. The molecule has 2 N–H and O–H groups in total. The predicted molar refractivity (Wildman–Crippen MR) is 112 cm³/mol. The summed E-state index contributed by atoms with van der Waals surface area (Å²) in [4.78, 5) is 40.7. The summed E-state index contributed by atoms with van der Waals surface area (Å²) in [5.41, 5.74) is 0.757. The van der Waals surface area contributed by atoms with Crippen LogP contribution in [0.2, 0.25) is 0 Å².